The first-order valence-electron chi connectivity index (χ1n) is 5.47. The van der Waals surface area contributed by atoms with E-state index < -0.39 is 0 Å². The van der Waals surface area contributed by atoms with Crippen LogP contribution in [0.1, 0.15) is 10.5 Å². The molecular weight excluding hydrogens is 334 g/mol. The number of nitrogens with one attached hydrogen (secondary N) is 1. The third kappa shape index (κ3) is 3.52. The summed E-state index contributed by atoms with van der Waals surface area (Å²) in [5.41, 5.74) is 6.12. The standard InChI is InChI=1S/C11H11BrClN5O/c12-7-1-2-8(13)9(5-7)15-11(19)10-6-18(4-3-14)17-16-10/h1-2,5-6H,3-4,14H2,(H,15,19). The second kappa shape index (κ2) is 6.14. The van der Waals surface area contributed by atoms with E-state index in [-0.39, 0.29) is 11.6 Å². The van der Waals surface area contributed by atoms with Gasteiger partial charge in [0.05, 0.1) is 23.5 Å². The molecular formula is C11H11BrClN5O. The summed E-state index contributed by atoms with van der Waals surface area (Å²) >= 11 is 9.30. The lowest BCUT2D eigenvalue weighted by Crippen LogP contribution is -2.13. The predicted molar refractivity (Wildman–Crippen MR) is 76.2 cm³/mol. The van der Waals surface area contributed by atoms with Crippen molar-refractivity contribution in [2.24, 2.45) is 5.73 Å². The van der Waals surface area contributed by atoms with Crippen LogP contribution in [0.3, 0.4) is 0 Å². The molecule has 3 N–H and O–H groups in total. The second-order valence-corrected chi connectivity index (χ2v) is 5.06. The molecule has 8 heteroatoms. The van der Waals surface area contributed by atoms with Gasteiger partial charge in [-0.15, -0.1) is 5.10 Å². The van der Waals surface area contributed by atoms with Gasteiger partial charge in [0, 0.05) is 11.0 Å². The van der Waals surface area contributed by atoms with Crippen molar-refractivity contribution in [3.8, 4) is 0 Å². The van der Waals surface area contributed by atoms with Gasteiger partial charge in [-0.2, -0.15) is 0 Å². The Balaban J connectivity index is 2.13. The van der Waals surface area contributed by atoms with E-state index in [0.717, 1.165) is 4.47 Å². The molecule has 0 aliphatic carbocycles. The van der Waals surface area contributed by atoms with Gasteiger partial charge >= 0.3 is 0 Å². The van der Waals surface area contributed by atoms with Crippen molar-refractivity contribution in [3.63, 3.8) is 0 Å². The third-order valence-corrected chi connectivity index (χ3v) is 3.13. The van der Waals surface area contributed by atoms with Crippen LogP contribution in [-0.2, 0) is 6.54 Å². The summed E-state index contributed by atoms with van der Waals surface area (Å²) in [5.74, 6) is -0.372. The van der Waals surface area contributed by atoms with E-state index in [0.29, 0.717) is 23.8 Å². The van der Waals surface area contributed by atoms with Gasteiger partial charge in [-0.3, -0.25) is 9.48 Å². The zero-order chi connectivity index (χ0) is 13.8. The topological polar surface area (TPSA) is 85.8 Å². The molecule has 1 heterocycles. The highest BCUT2D eigenvalue weighted by Crippen LogP contribution is 2.25. The van der Waals surface area contributed by atoms with Crippen LogP contribution >= 0.6 is 27.5 Å². The fourth-order valence-electron chi connectivity index (χ4n) is 1.42. The van der Waals surface area contributed by atoms with E-state index in [2.05, 4.69) is 31.6 Å². The molecule has 0 spiro atoms. The molecule has 1 aromatic heterocycles. The average molecular weight is 345 g/mol. The lowest BCUT2D eigenvalue weighted by atomic mass is 10.3. The number of halogens is 2. The molecule has 0 bridgehead atoms. The number of aromatic nitrogens is 3. The minimum atomic E-state index is -0.372. The summed E-state index contributed by atoms with van der Waals surface area (Å²) in [7, 11) is 0. The van der Waals surface area contributed by atoms with Crippen LogP contribution in [0.5, 0.6) is 0 Å². The van der Waals surface area contributed by atoms with E-state index in [1.165, 1.54) is 10.9 Å². The van der Waals surface area contributed by atoms with Gasteiger partial charge in [0.1, 0.15) is 0 Å². The van der Waals surface area contributed by atoms with Crippen LogP contribution in [0.15, 0.2) is 28.9 Å². The SMILES string of the molecule is NCCn1cc(C(=O)Nc2cc(Br)ccc2Cl)nn1. The molecule has 6 nitrogen and oxygen atoms in total. The molecule has 2 aromatic rings. The van der Waals surface area contributed by atoms with Crippen molar-refractivity contribution < 1.29 is 4.79 Å². The number of benzene rings is 1. The summed E-state index contributed by atoms with van der Waals surface area (Å²) in [6.07, 6.45) is 1.54. The fourth-order valence-corrected chi connectivity index (χ4v) is 1.95. The van der Waals surface area contributed by atoms with Crippen LogP contribution in [0.2, 0.25) is 5.02 Å². The maximum Gasteiger partial charge on any atom is 0.277 e. The molecule has 100 valence electrons. The van der Waals surface area contributed by atoms with Gasteiger partial charge in [-0.25, -0.2) is 0 Å². The monoisotopic (exact) mass is 343 g/mol. The van der Waals surface area contributed by atoms with Gasteiger partial charge in [-0.05, 0) is 18.2 Å². The van der Waals surface area contributed by atoms with Crippen molar-refractivity contribution >= 4 is 39.1 Å². The van der Waals surface area contributed by atoms with Crippen LogP contribution in [-0.4, -0.2) is 27.4 Å². The molecule has 0 saturated heterocycles. The first-order valence-corrected chi connectivity index (χ1v) is 6.64. The van der Waals surface area contributed by atoms with Crippen molar-refractivity contribution in [1.82, 2.24) is 15.0 Å². The second-order valence-electron chi connectivity index (χ2n) is 3.73. The number of nitrogens with two attached hydrogens (primary N) is 1. The Hall–Kier alpha value is -1.44. The van der Waals surface area contributed by atoms with E-state index in [1.807, 2.05) is 0 Å². The number of carbonyl (C=O) groups is 1. The van der Waals surface area contributed by atoms with Crippen molar-refractivity contribution in [1.29, 1.82) is 0 Å². The lowest BCUT2D eigenvalue weighted by Gasteiger charge is -2.05. The Kier molecular flexibility index (Phi) is 4.52. The third-order valence-electron chi connectivity index (χ3n) is 2.31. The highest BCUT2D eigenvalue weighted by Gasteiger charge is 2.12. The summed E-state index contributed by atoms with van der Waals surface area (Å²) in [6.45, 7) is 0.944. The van der Waals surface area contributed by atoms with E-state index in [9.17, 15) is 4.79 Å². The Morgan fingerprint density at radius 1 is 1.53 bits per heavy atom. The van der Waals surface area contributed by atoms with Crippen LogP contribution in [0.4, 0.5) is 5.69 Å². The number of amides is 1. The number of carbonyl (C=O) groups excluding carboxylic acids is 1. The van der Waals surface area contributed by atoms with Crippen molar-refractivity contribution in [3.05, 3.63) is 39.6 Å². The summed E-state index contributed by atoms with van der Waals surface area (Å²) in [4.78, 5) is 12.0. The molecule has 0 unspecified atom stereocenters. The van der Waals surface area contributed by atoms with Gasteiger partial charge in [0.25, 0.3) is 5.91 Å². The molecule has 1 amide bonds. The minimum Gasteiger partial charge on any atom is -0.329 e. The molecule has 0 fully saturated rings. The first-order chi connectivity index (χ1) is 9.10. The summed E-state index contributed by atoms with van der Waals surface area (Å²) in [5, 5.41) is 10.7. The lowest BCUT2D eigenvalue weighted by molar-refractivity contribution is 0.102. The highest BCUT2D eigenvalue weighted by atomic mass is 79.9. The number of hydrogen-bond donors (Lipinski definition) is 2. The van der Waals surface area contributed by atoms with Gasteiger partial charge in [-0.1, -0.05) is 32.7 Å². The Morgan fingerprint density at radius 2 is 2.32 bits per heavy atom. The maximum absolute atomic E-state index is 12.0. The molecule has 0 aliphatic rings. The molecule has 19 heavy (non-hydrogen) atoms. The summed E-state index contributed by atoms with van der Waals surface area (Å²) in [6, 6.07) is 5.19. The summed E-state index contributed by atoms with van der Waals surface area (Å²) < 4.78 is 2.33. The zero-order valence-corrected chi connectivity index (χ0v) is 12.1. The molecule has 0 radical (unpaired) electrons. The Bertz CT molecular complexity index is 601. The normalized spacial score (nSPS) is 10.5. The van der Waals surface area contributed by atoms with E-state index in [4.69, 9.17) is 17.3 Å². The number of anilines is 1. The maximum atomic E-state index is 12.0. The molecule has 0 saturated carbocycles. The van der Waals surface area contributed by atoms with E-state index >= 15 is 0 Å². The highest BCUT2D eigenvalue weighted by molar-refractivity contribution is 9.10. The van der Waals surface area contributed by atoms with E-state index in [1.54, 1.807) is 18.2 Å². The molecule has 2 rings (SSSR count). The predicted octanol–water partition coefficient (Wildman–Crippen LogP) is 1.90. The van der Waals surface area contributed by atoms with Gasteiger partial charge in [0.2, 0.25) is 0 Å². The molecule has 1 aromatic carbocycles. The van der Waals surface area contributed by atoms with Gasteiger partial charge < -0.3 is 11.1 Å². The molecule has 0 atom stereocenters. The van der Waals surface area contributed by atoms with Crippen molar-refractivity contribution in [2.75, 3.05) is 11.9 Å². The number of nitrogens with zero attached hydrogens (tertiary/aromatic N) is 3. The van der Waals surface area contributed by atoms with Gasteiger partial charge in [0.15, 0.2) is 5.69 Å². The first kappa shape index (κ1) is 14.0. The number of hydrogen-bond acceptors (Lipinski definition) is 4. The quantitative estimate of drug-likeness (QED) is 0.887. The Morgan fingerprint density at radius 3 is 3.05 bits per heavy atom. The smallest absolute Gasteiger partial charge is 0.277 e. The average Bonchev–Trinajstić information content (AvgIpc) is 2.83. The van der Waals surface area contributed by atoms with Crippen LogP contribution in [0, 0.1) is 0 Å². The number of rotatable bonds is 4. The molecule has 0 aliphatic heterocycles. The van der Waals surface area contributed by atoms with Crippen LogP contribution in [0.25, 0.3) is 0 Å². The largest absolute Gasteiger partial charge is 0.329 e. The minimum absolute atomic E-state index is 0.212. The Labute approximate surface area is 123 Å². The zero-order valence-electron chi connectivity index (χ0n) is 9.81. The van der Waals surface area contributed by atoms with Crippen LogP contribution < -0.4 is 11.1 Å². The fraction of sp³-hybridized carbons (Fsp3) is 0.182. The van der Waals surface area contributed by atoms with Crippen molar-refractivity contribution in [2.45, 2.75) is 6.54 Å².